The van der Waals surface area contributed by atoms with E-state index in [-0.39, 0.29) is 12.7 Å². The van der Waals surface area contributed by atoms with Crippen molar-refractivity contribution in [2.45, 2.75) is 20.0 Å². The van der Waals surface area contributed by atoms with E-state index in [1.165, 1.54) is 0 Å². The number of nitrogens with one attached hydrogen (secondary N) is 1. The molecule has 0 saturated carbocycles. The molecule has 0 fully saturated rings. The highest BCUT2D eigenvalue weighted by Crippen LogP contribution is 2.35. The quantitative estimate of drug-likeness (QED) is 0.842. The Morgan fingerprint density at radius 2 is 2.21 bits per heavy atom. The van der Waals surface area contributed by atoms with Crippen molar-refractivity contribution in [1.82, 2.24) is 15.2 Å². The normalized spacial score (nSPS) is 12.4. The summed E-state index contributed by atoms with van der Waals surface area (Å²) in [5.74, 6) is 1.54. The molecule has 3 rings (SSSR count). The third-order valence-corrected chi connectivity index (χ3v) is 3.90. The number of likely N-dealkylation sites (N-methyl/N-ethyl adjacent to an activating group) is 1. The lowest BCUT2D eigenvalue weighted by molar-refractivity contribution is -0.122. The predicted octanol–water partition coefficient (Wildman–Crippen LogP) is 1.95. The molecule has 2 aromatic rings. The highest BCUT2D eigenvalue weighted by atomic mass is 16.7. The van der Waals surface area contributed by atoms with E-state index in [2.05, 4.69) is 15.2 Å². The standard InChI is InChI=1S/C18H21N3O3/c1-2-21(11-15-6-3-7-16-18(15)24-13-23-16)12-17(22)20-10-14-5-4-8-19-9-14/h3-9H,2,10-13H2,1H3,(H,20,22). The molecule has 0 spiro atoms. The van der Waals surface area contributed by atoms with E-state index >= 15 is 0 Å². The summed E-state index contributed by atoms with van der Waals surface area (Å²) in [5.41, 5.74) is 2.02. The number of hydrogen-bond donors (Lipinski definition) is 1. The van der Waals surface area contributed by atoms with Gasteiger partial charge in [0.1, 0.15) is 0 Å². The van der Waals surface area contributed by atoms with Crippen molar-refractivity contribution in [1.29, 1.82) is 0 Å². The monoisotopic (exact) mass is 327 g/mol. The van der Waals surface area contributed by atoms with Gasteiger partial charge in [-0.3, -0.25) is 14.7 Å². The number of pyridine rings is 1. The summed E-state index contributed by atoms with van der Waals surface area (Å²) in [5, 5.41) is 2.93. The van der Waals surface area contributed by atoms with E-state index in [0.717, 1.165) is 29.2 Å². The summed E-state index contributed by atoms with van der Waals surface area (Å²) >= 11 is 0. The average molecular weight is 327 g/mol. The maximum absolute atomic E-state index is 12.2. The van der Waals surface area contributed by atoms with Crippen molar-refractivity contribution in [3.8, 4) is 11.5 Å². The van der Waals surface area contributed by atoms with E-state index in [1.54, 1.807) is 12.4 Å². The van der Waals surface area contributed by atoms with Gasteiger partial charge in [-0.2, -0.15) is 0 Å². The Bertz CT molecular complexity index is 691. The van der Waals surface area contributed by atoms with Crippen LogP contribution in [0.5, 0.6) is 11.5 Å². The minimum absolute atomic E-state index is 0.00884. The van der Waals surface area contributed by atoms with Crippen LogP contribution in [0.4, 0.5) is 0 Å². The van der Waals surface area contributed by atoms with Gasteiger partial charge in [0.05, 0.1) is 6.54 Å². The largest absolute Gasteiger partial charge is 0.454 e. The molecule has 0 atom stereocenters. The van der Waals surface area contributed by atoms with Crippen molar-refractivity contribution >= 4 is 5.91 Å². The van der Waals surface area contributed by atoms with E-state index in [0.29, 0.717) is 19.6 Å². The molecule has 0 aliphatic carbocycles. The third-order valence-electron chi connectivity index (χ3n) is 3.90. The van der Waals surface area contributed by atoms with Gasteiger partial charge in [0, 0.05) is 31.0 Å². The van der Waals surface area contributed by atoms with Gasteiger partial charge in [-0.25, -0.2) is 0 Å². The first-order chi connectivity index (χ1) is 11.8. The number of carbonyl (C=O) groups is 1. The third kappa shape index (κ3) is 4.02. The zero-order chi connectivity index (χ0) is 16.8. The molecule has 0 unspecified atom stereocenters. The fraction of sp³-hybridized carbons (Fsp3) is 0.333. The molecule has 1 aromatic carbocycles. The number of rotatable bonds is 7. The minimum Gasteiger partial charge on any atom is -0.454 e. The van der Waals surface area contributed by atoms with Gasteiger partial charge >= 0.3 is 0 Å². The van der Waals surface area contributed by atoms with Crippen LogP contribution in [0.1, 0.15) is 18.1 Å². The molecule has 1 amide bonds. The number of nitrogens with zero attached hydrogens (tertiary/aromatic N) is 2. The fourth-order valence-electron chi connectivity index (χ4n) is 2.60. The summed E-state index contributed by atoms with van der Waals surface area (Å²) in [6.45, 7) is 4.52. The number of carbonyl (C=O) groups excluding carboxylic acids is 1. The molecule has 2 heterocycles. The van der Waals surface area contributed by atoms with Crippen molar-refractivity contribution in [3.05, 3.63) is 53.9 Å². The number of para-hydroxylation sites is 1. The minimum atomic E-state index is -0.00884. The van der Waals surface area contributed by atoms with Gasteiger partial charge in [0.25, 0.3) is 0 Å². The summed E-state index contributed by atoms with van der Waals surface area (Å²) in [6, 6.07) is 9.64. The second-order valence-electron chi connectivity index (χ2n) is 5.59. The summed E-state index contributed by atoms with van der Waals surface area (Å²) in [6.07, 6.45) is 3.47. The van der Waals surface area contributed by atoms with Gasteiger partial charge in [-0.05, 0) is 24.2 Å². The molecular formula is C18H21N3O3. The molecule has 0 saturated heterocycles. The lowest BCUT2D eigenvalue weighted by Gasteiger charge is -2.20. The van der Waals surface area contributed by atoms with E-state index < -0.39 is 0 Å². The Balaban J connectivity index is 1.55. The SMILES string of the molecule is CCN(CC(=O)NCc1cccnc1)Cc1cccc2c1OCO2. The van der Waals surface area contributed by atoms with Crippen molar-refractivity contribution in [2.75, 3.05) is 19.9 Å². The van der Waals surface area contributed by atoms with Crippen LogP contribution in [0.15, 0.2) is 42.7 Å². The van der Waals surface area contributed by atoms with Gasteiger partial charge in [0.15, 0.2) is 11.5 Å². The molecule has 0 radical (unpaired) electrons. The molecule has 6 heteroatoms. The van der Waals surface area contributed by atoms with Crippen LogP contribution >= 0.6 is 0 Å². The summed E-state index contributed by atoms with van der Waals surface area (Å²) in [4.78, 5) is 18.3. The Kier molecular flexibility index (Phi) is 5.28. The molecule has 1 aromatic heterocycles. The second-order valence-corrected chi connectivity index (χ2v) is 5.59. The number of ether oxygens (including phenoxy) is 2. The topological polar surface area (TPSA) is 63.7 Å². The Hall–Kier alpha value is -2.60. The Morgan fingerprint density at radius 1 is 1.29 bits per heavy atom. The molecule has 1 aliphatic heterocycles. The van der Waals surface area contributed by atoms with Crippen LogP contribution < -0.4 is 14.8 Å². The second kappa shape index (κ2) is 7.79. The van der Waals surface area contributed by atoms with Gasteiger partial charge in [-0.15, -0.1) is 0 Å². The van der Waals surface area contributed by atoms with Crippen molar-refractivity contribution in [3.63, 3.8) is 0 Å². The zero-order valence-electron chi connectivity index (χ0n) is 13.7. The van der Waals surface area contributed by atoms with E-state index in [1.807, 2.05) is 37.3 Å². The maximum atomic E-state index is 12.2. The number of fused-ring (bicyclic) bond motifs is 1. The molecule has 0 bridgehead atoms. The van der Waals surface area contributed by atoms with Gasteiger partial charge in [-0.1, -0.05) is 25.1 Å². The zero-order valence-corrected chi connectivity index (χ0v) is 13.7. The Morgan fingerprint density at radius 3 is 3.00 bits per heavy atom. The van der Waals surface area contributed by atoms with Crippen LogP contribution in [-0.2, 0) is 17.9 Å². The molecular weight excluding hydrogens is 306 g/mol. The van der Waals surface area contributed by atoms with Crippen LogP contribution in [0.3, 0.4) is 0 Å². The molecule has 6 nitrogen and oxygen atoms in total. The van der Waals surface area contributed by atoms with Crippen LogP contribution in [0.25, 0.3) is 0 Å². The molecule has 24 heavy (non-hydrogen) atoms. The highest BCUT2D eigenvalue weighted by molar-refractivity contribution is 5.78. The highest BCUT2D eigenvalue weighted by Gasteiger charge is 2.19. The van der Waals surface area contributed by atoms with Crippen LogP contribution in [0, 0.1) is 0 Å². The first-order valence-corrected chi connectivity index (χ1v) is 8.01. The summed E-state index contributed by atoms with van der Waals surface area (Å²) in [7, 11) is 0. The van der Waals surface area contributed by atoms with Crippen LogP contribution in [-0.4, -0.2) is 35.7 Å². The van der Waals surface area contributed by atoms with Gasteiger partial charge in [0.2, 0.25) is 12.7 Å². The maximum Gasteiger partial charge on any atom is 0.234 e. The average Bonchev–Trinajstić information content (AvgIpc) is 3.10. The fourth-order valence-corrected chi connectivity index (χ4v) is 2.60. The first-order valence-electron chi connectivity index (χ1n) is 8.01. The number of amides is 1. The lowest BCUT2D eigenvalue weighted by atomic mass is 10.1. The van der Waals surface area contributed by atoms with Crippen molar-refractivity contribution < 1.29 is 14.3 Å². The Labute approximate surface area is 141 Å². The molecule has 1 N–H and O–H groups in total. The lowest BCUT2D eigenvalue weighted by Crippen LogP contribution is -2.36. The number of aromatic nitrogens is 1. The molecule has 126 valence electrons. The molecule has 1 aliphatic rings. The number of benzene rings is 1. The van der Waals surface area contributed by atoms with E-state index in [4.69, 9.17) is 9.47 Å². The van der Waals surface area contributed by atoms with Crippen molar-refractivity contribution in [2.24, 2.45) is 0 Å². The number of hydrogen-bond acceptors (Lipinski definition) is 5. The van der Waals surface area contributed by atoms with E-state index in [9.17, 15) is 4.79 Å². The first kappa shape index (κ1) is 16.3. The smallest absolute Gasteiger partial charge is 0.234 e. The van der Waals surface area contributed by atoms with Gasteiger partial charge < -0.3 is 14.8 Å². The summed E-state index contributed by atoms with van der Waals surface area (Å²) < 4.78 is 10.9. The van der Waals surface area contributed by atoms with Crippen LogP contribution in [0.2, 0.25) is 0 Å². The predicted molar refractivity (Wildman–Crippen MR) is 89.6 cm³/mol.